The summed E-state index contributed by atoms with van der Waals surface area (Å²) in [5.41, 5.74) is 15.4. The van der Waals surface area contributed by atoms with Crippen LogP contribution in [0.5, 0.6) is 0 Å². The molecule has 0 saturated heterocycles. The highest BCUT2D eigenvalue weighted by Crippen LogP contribution is 2.56. The van der Waals surface area contributed by atoms with Crippen LogP contribution in [-0.2, 0) is 10.8 Å². The third-order valence-electron chi connectivity index (χ3n) is 11.4. The Kier molecular flexibility index (Phi) is 5.82. The summed E-state index contributed by atoms with van der Waals surface area (Å²) in [5.74, 6) is 0.723. The van der Waals surface area contributed by atoms with Gasteiger partial charge >= 0.3 is 0 Å². The normalized spacial score (nSPS) is 19.2. The molecule has 2 heterocycles. The van der Waals surface area contributed by atoms with Gasteiger partial charge in [0.2, 0.25) is 5.95 Å². The topological polar surface area (TPSA) is 29.0 Å². The highest BCUT2D eigenvalue weighted by Gasteiger charge is 2.51. The molecule has 0 radical (unpaired) electrons. The summed E-state index contributed by atoms with van der Waals surface area (Å²) < 4.78 is 0. The van der Waals surface area contributed by atoms with Crippen molar-refractivity contribution >= 4 is 28.6 Å². The van der Waals surface area contributed by atoms with Crippen molar-refractivity contribution in [1.29, 1.82) is 0 Å². The van der Waals surface area contributed by atoms with Crippen LogP contribution in [0.2, 0.25) is 0 Å². The monoisotopic (exact) mass is 629 g/mol. The fourth-order valence-electron chi connectivity index (χ4n) is 8.92. The van der Waals surface area contributed by atoms with E-state index in [0.717, 1.165) is 33.8 Å². The van der Waals surface area contributed by atoms with E-state index >= 15 is 0 Å². The number of benzene rings is 6. The third-order valence-corrected chi connectivity index (χ3v) is 11.4. The van der Waals surface area contributed by atoms with E-state index in [9.17, 15) is 0 Å². The maximum absolute atomic E-state index is 5.54. The maximum atomic E-state index is 5.54. The van der Waals surface area contributed by atoms with Gasteiger partial charge in [-0.15, -0.1) is 0 Å². The Morgan fingerprint density at radius 3 is 2.14 bits per heavy atom. The molecule has 49 heavy (non-hydrogen) atoms. The zero-order valence-corrected chi connectivity index (χ0v) is 27.9. The van der Waals surface area contributed by atoms with Crippen LogP contribution in [0, 0.1) is 0 Å². The first-order valence-electron chi connectivity index (χ1n) is 17.2. The second-order valence-corrected chi connectivity index (χ2v) is 14.4. The van der Waals surface area contributed by atoms with Crippen molar-refractivity contribution in [2.75, 3.05) is 4.90 Å². The van der Waals surface area contributed by atoms with E-state index in [1.54, 1.807) is 0 Å². The Morgan fingerprint density at radius 1 is 0.551 bits per heavy atom. The Balaban J connectivity index is 1.20. The van der Waals surface area contributed by atoms with Crippen molar-refractivity contribution in [2.45, 2.75) is 37.6 Å². The van der Waals surface area contributed by atoms with Crippen molar-refractivity contribution in [2.24, 2.45) is 0 Å². The summed E-state index contributed by atoms with van der Waals surface area (Å²) in [4.78, 5) is 13.3. The quantitative estimate of drug-likeness (QED) is 0.195. The molecule has 0 amide bonds. The Labute approximate surface area is 287 Å². The van der Waals surface area contributed by atoms with E-state index in [0.29, 0.717) is 0 Å². The Morgan fingerprint density at radius 2 is 1.27 bits per heavy atom. The predicted molar refractivity (Wildman–Crippen MR) is 202 cm³/mol. The molecule has 234 valence electrons. The molecule has 0 spiro atoms. The van der Waals surface area contributed by atoms with Crippen molar-refractivity contribution in [3.05, 3.63) is 173 Å². The Bertz CT molecular complexity index is 2510. The molecule has 3 heteroatoms. The second-order valence-electron chi connectivity index (χ2n) is 14.4. The van der Waals surface area contributed by atoms with Crippen LogP contribution in [0.4, 0.5) is 11.6 Å². The van der Waals surface area contributed by atoms with Crippen molar-refractivity contribution in [1.82, 2.24) is 9.97 Å². The largest absolute Gasteiger partial charge is 0.302 e. The molecule has 7 aromatic rings. The van der Waals surface area contributed by atoms with Gasteiger partial charge in [-0.25, -0.2) is 9.97 Å². The van der Waals surface area contributed by atoms with Gasteiger partial charge in [0.05, 0.1) is 17.3 Å². The first kappa shape index (κ1) is 28.2. The van der Waals surface area contributed by atoms with Crippen LogP contribution in [-0.4, -0.2) is 16.0 Å². The molecule has 1 aliphatic heterocycles. The summed E-state index contributed by atoms with van der Waals surface area (Å²) in [7, 11) is 0. The zero-order chi connectivity index (χ0) is 32.9. The lowest BCUT2D eigenvalue weighted by molar-refractivity contribution is 0.527. The van der Waals surface area contributed by atoms with E-state index in [1.165, 1.54) is 50.1 Å². The average Bonchev–Trinajstić information content (AvgIpc) is 3.55. The average molecular weight is 630 g/mol. The second kappa shape index (κ2) is 10.1. The number of nitrogens with zero attached hydrogens (tertiary/aromatic N) is 3. The molecule has 0 saturated carbocycles. The number of para-hydroxylation sites is 1. The molecule has 3 aliphatic rings. The number of hydrogen-bond donors (Lipinski definition) is 0. The minimum absolute atomic E-state index is 0.00545. The van der Waals surface area contributed by atoms with Crippen LogP contribution in [0.15, 0.2) is 146 Å². The lowest BCUT2D eigenvalue weighted by Gasteiger charge is -2.38. The molecule has 3 nitrogen and oxygen atoms in total. The van der Waals surface area contributed by atoms with E-state index < -0.39 is 0 Å². The fourth-order valence-corrected chi connectivity index (χ4v) is 8.92. The van der Waals surface area contributed by atoms with Gasteiger partial charge in [0.1, 0.15) is 0 Å². The smallest absolute Gasteiger partial charge is 0.231 e. The number of rotatable bonds is 3. The predicted octanol–water partition coefficient (Wildman–Crippen LogP) is 11.1. The van der Waals surface area contributed by atoms with Crippen molar-refractivity contribution < 1.29 is 0 Å². The summed E-state index contributed by atoms with van der Waals surface area (Å²) in [5, 5.41) is 1.06. The molecular formula is C46H35N3. The SMILES string of the molecule is CC1(C)c2ccccc2-c2ccc(-c3nc(N4c5cc(-c6ccccc6)ccc5C5(C)c6ccccc6C=CC45)nc4ccccc34)cc21. The number of fused-ring (bicyclic) bond motifs is 9. The maximum Gasteiger partial charge on any atom is 0.231 e. The molecule has 1 aromatic heterocycles. The molecule has 0 N–H and O–H groups in total. The van der Waals surface area contributed by atoms with Gasteiger partial charge in [-0.05, 0) is 75.2 Å². The Hall–Kier alpha value is -5.80. The molecule has 2 atom stereocenters. The minimum atomic E-state index is -0.283. The standard InChI is InChI=1S/C46H35N3/c1-45(2)37-19-11-8-16-33(37)34-24-21-32(27-39(34)45)43-35-17-9-12-20-40(35)47-44(48-43)49-41-28-31(29-13-5-4-6-14-29)22-25-38(41)46(3)36-18-10-7-15-30(36)23-26-42(46)49/h4-28,42H,1-3H3. The highest BCUT2D eigenvalue weighted by molar-refractivity contribution is 5.95. The van der Waals surface area contributed by atoms with Gasteiger partial charge in [0.15, 0.2) is 0 Å². The van der Waals surface area contributed by atoms with Crippen molar-refractivity contribution in [3.63, 3.8) is 0 Å². The van der Waals surface area contributed by atoms with Gasteiger partial charge in [0, 0.05) is 27.5 Å². The number of aromatic nitrogens is 2. The summed E-state index contributed by atoms with van der Waals surface area (Å²) in [6, 6.07) is 50.6. The molecule has 2 unspecified atom stereocenters. The summed E-state index contributed by atoms with van der Waals surface area (Å²) in [6.07, 6.45) is 4.64. The fraction of sp³-hybridized carbons (Fsp3) is 0.130. The molecule has 6 aromatic carbocycles. The molecule has 2 aliphatic carbocycles. The molecular weight excluding hydrogens is 595 g/mol. The van der Waals surface area contributed by atoms with E-state index in [2.05, 4.69) is 177 Å². The first-order valence-corrected chi connectivity index (χ1v) is 17.2. The first-order chi connectivity index (χ1) is 23.9. The van der Waals surface area contributed by atoms with Crippen LogP contribution in [0.25, 0.3) is 50.5 Å². The van der Waals surface area contributed by atoms with Crippen LogP contribution < -0.4 is 4.90 Å². The van der Waals surface area contributed by atoms with Crippen LogP contribution in [0.3, 0.4) is 0 Å². The van der Waals surface area contributed by atoms with Crippen LogP contribution >= 0.6 is 0 Å². The van der Waals surface area contributed by atoms with Crippen LogP contribution in [0.1, 0.15) is 48.6 Å². The number of hydrogen-bond acceptors (Lipinski definition) is 3. The zero-order valence-electron chi connectivity index (χ0n) is 27.9. The van der Waals surface area contributed by atoms with E-state index in [1.807, 2.05) is 0 Å². The summed E-state index contributed by atoms with van der Waals surface area (Å²) in [6.45, 7) is 7.07. The highest BCUT2D eigenvalue weighted by atomic mass is 15.3. The molecule has 0 fully saturated rings. The van der Waals surface area contributed by atoms with Gasteiger partial charge in [-0.1, -0.05) is 147 Å². The molecule has 0 bridgehead atoms. The summed E-state index contributed by atoms with van der Waals surface area (Å²) >= 11 is 0. The van der Waals surface area contributed by atoms with E-state index in [-0.39, 0.29) is 16.9 Å². The van der Waals surface area contributed by atoms with Gasteiger partial charge in [0.25, 0.3) is 0 Å². The van der Waals surface area contributed by atoms with Gasteiger partial charge < -0.3 is 4.90 Å². The van der Waals surface area contributed by atoms with Crippen molar-refractivity contribution in [3.8, 4) is 33.5 Å². The lowest BCUT2D eigenvalue weighted by Crippen LogP contribution is -2.42. The molecule has 10 rings (SSSR count). The number of anilines is 2. The minimum Gasteiger partial charge on any atom is -0.302 e. The van der Waals surface area contributed by atoms with Gasteiger partial charge in [-0.2, -0.15) is 0 Å². The third kappa shape index (κ3) is 3.90. The van der Waals surface area contributed by atoms with E-state index in [4.69, 9.17) is 9.97 Å². The lowest BCUT2D eigenvalue weighted by atomic mass is 9.68. The van der Waals surface area contributed by atoms with Gasteiger partial charge in [-0.3, -0.25) is 0 Å².